The van der Waals surface area contributed by atoms with Crippen LogP contribution in [0.4, 0.5) is 5.69 Å². The molecule has 1 aliphatic rings. The third kappa shape index (κ3) is 1.98. The molecule has 2 heterocycles. The summed E-state index contributed by atoms with van der Waals surface area (Å²) in [7, 11) is -3.79. The van der Waals surface area contributed by atoms with Crippen LogP contribution in [0.5, 0.6) is 0 Å². The minimum atomic E-state index is -3.79. The third-order valence-electron chi connectivity index (χ3n) is 3.41. The van der Waals surface area contributed by atoms with E-state index >= 15 is 0 Å². The summed E-state index contributed by atoms with van der Waals surface area (Å²) >= 11 is 0.919. The van der Waals surface area contributed by atoms with Crippen molar-refractivity contribution in [3.63, 3.8) is 0 Å². The van der Waals surface area contributed by atoms with Gasteiger partial charge in [0.1, 0.15) is 0 Å². The highest BCUT2D eigenvalue weighted by Crippen LogP contribution is 2.38. The fourth-order valence-electron chi connectivity index (χ4n) is 2.43. The second-order valence-electron chi connectivity index (χ2n) is 4.72. The van der Waals surface area contributed by atoms with Crippen molar-refractivity contribution in [3.05, 3.63) is 55.3 Å². The topological polar surface area (TPSA) is 94.3 Å². The van der Waals surface area contributed by atoms with Crippen molar-refractivity contribution in [1.29, 1.82) is 0 Å². The van der Waals surface area contributed by atoms with Gasteiger partial charge in [-0.2, -0.15) is 0 Å². The van der Waals surface area contributed by atoms with E-state index in [4.69, 9.17) is 0 Å². The molecule has 0 spiro atoms. The first-order valence-electron chi connectivity index (χ1n) is 5.95. The van der Waals surface area contributed by atoms with Gasteiger partial charge in [0, 0.05) is 5.56 Å². The predicted octanol–water partition coefficient (Wildman–Crippen LogP) is 2.48. The zero-order chi connectivity index (χ0) is 15.4. The Balaban J connectivity index is 2.39. The Hall–Kier alpha value is -2.06. The molecule has 3 rings (SSSR count). The highest BCUT2D eigenvalue weighted by molar-refractivity contribution is 7.90. The summed E-state index contributed by atoms with van der Waals surface area (Å²) < 4.78 is 24.9. The lowest BCUT2D eigenvalue weighted by atomic mass is 10.0. The van der Waals surface area contributed by atoms with Crippen LogP contribution in [0, 0.1) is 17.0 Å². The second kappa shape index (κ2) is 4.47. The van der Waals surface area contributed by atoms with Crippen LogP contribution in [0.15, 0.2) is 28.5 Å². The fraction of sp³-hybridized carbons (Fsp3) is 0.154. The van der Waals surface area contributed by atoms with Gasteiger partial charge in [0.25, 0.3) is 5.69 Å². The molecule has 1 aromatic heterocycles. The molecule has 0 bridgehead atoms. The van der Waals surface area contributed by atoms with Crippen LogP contribution < -0.4 is 0 Å². The molecule has 0 amide bonds. The molecule has 0 saturated carbocycles. The number of carbonyl (C=O) groups excluding carboxylic acids is 1. The second-order valence-corrected chi connectivity index (χ2v) is 7.56. The Morgan fingerprint density at radius 3 is 2.71 bits per heavy atom. The minimum Gasteiger partial charge on any atom is -0.288 e. The monoisotopic (exact) mass is 323 g/mol. The largest absolute Gasteiger partial charge is 0.288 e. The molecular formula is C13H9NO5S2. The lowest BCUT2D eigenvalue weighted by Gasteiger charge is -2.07. The van der Waals surface area contributed by atoms with Crippen LogP contribution in [-0.2, 0) is 15.6 Å². The SMILES string of the molecule is Cc1cccc2c1C(=O)c1scc([N+](=O)[O-])c1CS2(=O)=O. The third-order valence-corrected chi connectivity index (χ3v) is 6.09. The van der Waals surface area contributed by atoms with Crippen molar-refractivity contribution >= 4 is 32.6 Å². The zero-order valence-corrected chi connectivity index (χ0v) is 12.5. The van der Waals surface area contributed by atoms with Crippen molar-refractivity contribution in [2.75, 3.05) is 0 Å². The number of fused-ring (bicyclic) bond motifs is 2. The molecule has 0 atom stereocenters. The standard InChI is InChI=1S/C13H9NO5S2/c1-7-3-2-4-10-11(7)12(15)13-8(6-21(10,18)19)9(5-20-13)14(16)17/h2-5H,6H2,1H3. The Bertz CT molecular complexity index is 895. The molecule has 1 aromatic carbocycles. The lowest BCUT2D eigenvalue weighted by Crippen LogP contribution is -2.08. The van der Waals surface area contributed by atoms with Crippen LogP contribution in [-0.4, -0.2) is 19.1 Å². The van der Waals surface area contributed by atoms with Gasteiger partial charge < -0.3 is 0 Å². The van der Waals surface area contributed by atoms with E-state index in [9.17, 15) is 23.3 Å². The summed E-state index contributed by atoms with van der Waals surface area (Å²) in [5.41, 5.74) is 0.348. The highest BCUT2D eigenvalue weighted by Gasteiger charge is 2.36. The molecule has 1 aliphatic heterocycles. The molecule has 2 aromatic rings. The molecule has 108 valence electrons. The number of aryl methyl sites for hydroxylation is 1. The predicted molar refractivity (Wildman–Crippen MR) is 76.5 cm³/mol. The minimum absolute atomic E-state index is 0.00870. The quantitative estimate of drug-likeness (QED) is 0.593. The maximum atomic E-state index is 12.6. The first-order chi connectivity index (χ1) is 9.83. The number of nitro groups is 1. The summed E-state index contributed by atoms with van der Waals surface area (Å²) in [6.45, 7) is 1.65. The van der Waals surface area contributed by atoms with E-state index in [2.05, 4.69) is 0 Å². The summed E-state index contributed by atoms with van der Waals surface area (Å²) in [4.78, 5) is 23.0. The number of ketones is 1. The summed E-state index contributed by atoms with van der Waals surface area (Å²) in [5.74, 6) is -0.984. The molecule has 0 fully saturated rings. The molecule has 0 unspecified atom stereocenters. The van der Waals surface area contributed by atoms with Gasteiger partial charge in [-0.25, -0.2) is 8.42 Å². The molecule has 8 heteroatoms. The Morgan fingerprint density at radius 1 is 1.33 bits per heavy atom. The maximum Gasteiger partial charge on any atom is 0.285 e. The van der Waals surface area contributed by atoms with Gasteiger partial charge in [0.2, 0.25) is 5.78 Å². The molecule has 0 saturated heterocycles. The van der Waals surface area contributed by atoms with E-state index in [0.29, 0.717) is 5.56 Å². The van der Waals surface area contributed by atoms with E-state index in [0.717, 1.165) is 11.3 Å². The lowest BCUT2D eigenvalue weighted by molar-refractivity contribution is -0.385. The number of nitrogens with zero attached hydrogens (tertiary/aromatic N) is 1. The average Bonchev–Trinajstić information content (AvgIpc) is 2.77. The number of rotatable bonds is 1. The van der Waals surface area contributed by atoms with Crippen molar-refractivity contribution in [2.45, 2.75) is 17.6 Å². The number of hydrogen-bond acceptors (Lipinski definition) is 6. The van der Waals surface area contributed by atoms with Crippen LogP contribution in [0.3, 0.4) is 0 Å². The summed E-state index contributed by atoms with van der Waals surface area (Å²) in [5, 5.41) is 12.2. The summed E-state index contributed by atoms with van der Waals surface area (Å²) in [6.07, 6.45) is 0. The fourth-order valence-corrected chi connectivity index (χ4v) is 5.18. The van der Waals surface area contributed by atoms with Crippen LogP contribution in [0.2, 0.25) is 0 Å². The number of sulfone groups is 1. The van der Waals surface area contributed by atoms with Crippen LogP contribution in [0.1, 0.15) is 26.4 Å². The normalized spacial score (nSPS) is 16.0. The molecule has 0 aliphatic carbocycles. The number of hydrogen-bond donors (Lipinski definition) is 0. The van der Waals surface area contributed by atoms with E-state index in [1.54, 1.807) is 19.1 Å². The Kier molecular flexibility index (Phi) is 2.96. The van der Waals surface area contributed by atoms with Gasteiger partial charge in [0.15, 0.2) is 9.84 Å². The zero-order valence-electron chi connectivity index (χ0n) is 10.8. The van der Waals surface area contributed by atoms with Crippen LogP contribution in [0.25, 0.3) is 0 Å². The average molecular weight is 323 g/mol. The van der Waals surface area contributed by atoms with Crippen molar-refractivity contribution in [2.24, 2.45) is 0 Å². The van der Waals surface area contributed by atoms with Gasteiger partial charge in [0.05, 0.1) is 31.4 Å². The maximum absolute atomic E-state index is 12.6. The molecular weight excluding hydrogens is 314 g/mol. The Labute approximate surface area is 124 Å². The summed E-state index contributed by atoms with van der Waals surface area (Å²) in [6, 6.07) is 4.59. The first-order valence-corrected chi connectivity index (χ1v) is 8.48. The van der Waals surface area contributed by atoms with E-state index in [-0.39, 0.29) is 26.6 Å². The molecule has 6 nitrogen and oxygen atoms in total. The van der Waals surface area contributed by atoms with Gasteiger partial charge >= 0.3 is 0 Å². The highest BCUT2D eigenvalue weighted by atomic mass is 32.2. The van der Waals surface area contributed by atoms with Gasteiger partial charge in [-0.3, -0.25) is 14.9 Å². The molecule has 0 N–H and O–H groups in total. The Morgan fingerprint density at radius 2 is 2.05 bits per heavy atom. The van der Waals surface area contributed by atoms with Crippen molar-refractivity contribution in [3.8, 4) is 0 Å². The van der Waals surface area contributed by atoms with Crippen LogP contribution >= 0.6 is 11.3 Å². The van der Waals surface area contributed by atoms with Gasteiger partial charge in [-0.1, -0.05) is 12.1 Å². The van der Waals surface area contributed by atoms with Gasteiger partial charge in [-0.15, -0.1) is 11.3 Å². The number of benzene rings is 1. The smallest absolute Gasteiger partial charge is 0.285 e. The van der Waals surface area contributed by atoms with Crippen molar-refractivity contribution in [1.82, 2.24) is 0 Å². The molecule has 0 radical (unpaired) electrons. The van der Waals surface area contributed by atoms with E-state index in [1.165, 1.54) is 11.4 Å². The molecule has 21 heavy (non-hydrogen) atoms. The van der Waals surface area contributed by atoms with Gasteiger partial charge in [-0.05, 0) is 18.6 Å². The van der Waals surface area contributed by atoms with E-state index in [1.807, 2.05) is 0 Å². The number of thiophene rings is 1. The number of carbonyl (C=O) groups is 1. The van der Waals surface area contributed by atoms with E-state index < -0.39 is 26.3 Å². The van der Waals surface area contributed by atoms with Crippen molar-refractivity contribution < 1.29 is 18.1 Å². The first kappa shape index (κ1) is 13.9.